The number of esters is 1. The van der Waals surface area contributed by atoms with Crippen LogP contribution in [0.1, 0.15) is 71.1 Å². The molecule has 2 nitrogen and oxygen atoms in total. The van der Waals surface area contributed by atoms with Crippen LogP contribution in [0.3, 0.4) is 0 Å². The van der Waals surface area contributed by atoms with Crippen molar-refractivity contribution < 1.29 is 27.1 Å². The van der Waals surface area contributed by atoms with Gasteiger partial charge in [0, 0.05) is 12.5 Å². The Kier molecular flexibility index (Phi) is 14.5. The average molecular weight is 453 g/mol. The van der Waals surface area contributed by atoms with Crippen molar-refractivity contribution in [3.8, 4) is 5.75 Å². The van der Waals surface area contributed by atoms with Crippen LogP contribution >= 0.6 is 0 Å². The predicted molar refractivity (Wildman–Crippen MR) is 120 cm³/mol. The van der Waals surface area contributed by atoms with E-state index in [1.54, 1.807) is 0 Å². The maximum Gasteiger partial charge on any atom is 0.311 e. The number of hydrogen-bond acceptors (Lipinski definition) is 2. The van der Waals surface area contributed by atoms with Gasteiger partial charge in [-0.25, -0.2) is 8.78 Å². The molecule has 0 N–H and O–H groups in total. The van der Waals surface area contributed by atoms with E-state index in [0.717, 1.165) is 25.7 Å². The smallest absolute Gasteiger partial charge is 0.311 e. The first kappa shape index (κ1) is 27.4. The molecule has 0 aliphatic heterocycles. The zero-order valence-electron chi connectivity index (χ0n) is 18.6. The summed E-state index contributed by atoms with van der Waals surface area (Å²) >= 11 is 0. The third-order valence-corrected chi connectivity index (χ3v) is 4.50. The second-order valence-electron chi connectivity index (χ2n) is 7.25. The molecule has 0 atom stereocenters. The molecule has 32 heavy (non-hydrogen) atoms. The molecular weight excluding hydrogens is 420 g/mol. The molecule has 0 bridgehead atoms. The SMILES string of the molecule is CCCCC/C=C\C/C=C\C/C=C\C/C=C\CCCC(=O)Oc1c(F)c(F)cc(F)c1F. The molecule has 6 heteroatoms. The summed E-state index contributed by atoms with van der Waals surface area (Å²) in [6, 6.07) is 0.0609. The van der Waals surface area contributed by atoms with E-state index in [-0.39, 0.29) is 12.5 Å². The number of benzene rings is 1. The van der Waals surface area contributed by atoms with Gasteiger partial charge in [-0.1, -0.05) is 68.4 Å². The minimum Gasteiger partial charge on any atom is -0.420 e. The van der Waals surface area contributed by atoms with Gasteiger partial charge in [0.05, 0.1) is 0 Å². The Labute approximate surface area is 188 Å². The maximum absolute atomic E-state index is 13.5. The molecule has 1 rings (SSSR count). The highest BCUT2D eigenvalue weighted by Gasteiger charge is 2.22. The number of carbonyl (C=O) groups excluding carboxylic acids is 1. The van der Waals surface area contributed by atoms with Crippen molar-refractivity contribution >= 4 is 5.97 Å². The quantitative estimate of drug-likeness (QED) is 0.0668. The van der Waals surface area contributed by atoms with E-state index < -0.39 is 35.0 Å². The summed E-state index contributed by atoms with van der Waals surface area (Å²) in [5, 5.41) is 0. The number of allylic oxidation sites excluding steroid dienone is 8. The first-order chi connectivity index (χ1) is 15.5. The van der Waals surface area contributed by atoms with Gasteiger partial charge in [-0.3, -0.25) is 4.79 Å². The summed E-state index contributed by atoms with van der Waals surface area (Å²) < 4.78 is 57.6. The Morgan fingerprint density at radius 3 is 1.72 bits per heavy atom. The number of ether oxygens (including phenoxy) is 1. The van der Waals surface area contributed by atoms with Gasteiger partial charge in [0.2, 0.25) is 17.4 Å². The zero-order valence-corrected chi connectivity index (χ0v) is 18.6. The topological polar surface area (TPSA) is 26.3 Å². The number of hydrogen-bond donors (Lipinski definition) is 0. The lowest BCUT2D eigenvalue weighted by atomic mass is 10.2. The fourth-order valence-electron chi connectivity index (χ4n) is 2.73. The van der Waals surface area contributed by atoms with E-state index in [0.29, 0.717) is 12.8 Å². The number of rotatable bonds is 15. The molecule has 176 valence electrons. The molecule has 0 saturated carbocycles. The standard InChI is InChI=1S/C26H32F4O2/c1-2-3-4-5-6-7-8-9-10-11-12-13-14-15-16-17-18-19-23(31)32-26-24(29)21(27)20-22(28)25(26)30/h6-7,9-10,12-13,15-16,20H,2-5,8,11,14,17-19H2,1H3/b7-6-,10-9-,13-12-,16-15-. The van der Waals surface area contributed by atoms with Crippen molar-refractivity contribution in [2.45, 2.75) is 71.1 Å². The molecule has 0 aromatic heterocycles. The van der Waals surface area contributed by atoms with Crippen LogP contribution in [-0.2, 0) is 4.79 Å². The molecule has 0 aliphatic carbocycles. The van der Waals surface area contributed by atoms with Gasteiger partial charge in [0.1, 0.15) is 0 Å². The number of halogens is 4. The molecular formula is C26H32F4O2. The highest BCUT2D eigenvalue weighted by molar-refractivity contribution is 5.72. The van der Waals surface area contributed by atoms with Crippen LogP contribution in [0.5, 0.6) is 5.75 Å². The van der Waals surface area contributed by atoms with Gasteiger partial charge < -0.3 is 4.74 Å². The van der Waals surface area contributed by atoms with Gasteiger partial charge in [-0.05, 0) is 44.9 Å². The summed E-state index contributed by atoms with van der Waals surface area (Å²) in [5.41, 5.74) is 0. The zero-order chi connectivity index (χ0) is 23.6. The predicted octanol–water partition coefficient (Wildman–Crippen LogP) is 8.29. The van der Waals surface area contributed by atoms with Gasteiger partial charge >= 0.3 is 5.97 Å². The Morgan fingerprint density at radius 1 is 0.750 bits per heavy atom. The van der Waals surface area contributed by atoms with Crippen molar-refractivity contribution in [1.29, 1.82) is 0 Å². The third kappa shape index (κ3) is 11.7. The minimum atomic E-state index is -1.72. The van der Waals surface area contributed by atoms with Crippen LogP contribution in [0.2, 0.25) is 0 Å². The number of carbonyl (C=O) groups is 1. The van der Waals surface area contributed by atoms with Crippen LogP contribution in [0.15, 0.2) is 54.7 Å². The first-order valence-electron chi connectivity index (χ1n) is 11.1. The van der Waals surface area contributed by atoms with Gasteiger partial charge in [0.15, 0.2) is 11.6 Å². The molecule has 0 unspecified atom stereocenters. The Bertz CT molecular complexity index is 784. The largest absolute Gasteiger partial charge is 0.420 e. The van der Waals surface area contributed by atoms with Crippen molar-refractivity contribution in [2.75, 3.05) is 0 Å². The van der Waals surface area contributed by atoms with Crippen molar-refractivity contribution in [3.63, 3.8) is 0 Å². The Morgan fingerprint density at radius 2 is 1.22 bits per heavy atom. The van der Waals surface area contributed by atoms with E-state index in [1.165, 1.54) is 19.3 Å². The minimum absolute atomic E-state index is 0.0609. The Hall–Kier alpha value is -2.63. The average Bonchev–Trinajstić information content (AvgIpc) is 2.77. The molecule has 0 fully saturated rings. The van der Waals surface area contributed by atoms with Gasteiger partial charge in [-0.2, -0.15) is 8.78 Å². The molecule has 1 aromatic carbocycles. The van der Waals surface area contributed by atoms with Gasteiger partial charge in [0.25, 0.3) is 0 Å². The normalized spacial score (nSPS) is 12.2. The first-order valence-corrected chi connectivity index (χ1v) is 11.1. The summed E-state index contributed by atoms with van der Waals surface area (Å²) in [6.07, 6.45) is 25.0. The third-order valence-electron chi connectivity index (χ3n) is 4.50. The molecule has 0 radical (unpaired) electrons. The lowest BCUT2D eigenvalue weighted by molar-refractivity contribution is -0.134. The second-order valence-corrected chi connectivity index (χ2v) is 7.25. The summed E-state index contributed by atoms with van der Waals surface area (Å²) in [6.45, 7) is 2.20. The van der Waals surface area contributed by atoms with Crippen molar-refractivity contribution in [2.24, 2.45) is 0 Å². The lowest BCUT2D eigenvalue weighted by Crippen LogP contribution is -2.11. The van der Waals surface area contributed by atoms with E-state index in [9.17, 15) is 22.4 Å². The number of unbranched alkanes of at least 4 members (excludes halogenated alkanes) is 4. The monoisotopic (exact) mass is 452 g/mol. The van der Waals surface area contributed by atoms with Crippen LogP contribution < -0.4 is 4.74 Å². The van der Waals surface area contributed by atoms with Crippen LogP contribution in [0.4, 0.5) is 17.6 Å². The van der Waals surface area contributed by atoms with Crippen LogP contribution in [0.25, 0.3) is 0 Å². The summed E-state index contributed by atoms with van der Waals surface area (Å²) in [5.74, 6) is -8.98. The fraction of sp³-hybridized carbons (Fsp3) is 0.423. The molecule has 0 aliphatic rings. The van der Waals surface area contributed by atoms with Crippen LogP contribution in [-0.4, -0.2) is 5.97 Å². The van der Waals surface area contributed by atoms with E-state index in [2.05, 4.69) is 42.0 Å². The van der Waals surface area contributed by atoms with E-state index >= 15 is 0 Å². The fourth-order valence-corrected chi connectivity index (χ4v) is 2.73. The molecule has 1 aromatic rings. The maximum atomic E-state index is 13.5. The van der Waals surface area contributed by atoms with Crippen LogP contribution in [0, 0.1) is 23.3 Å². The highest BCUT2D eigenvalue weighted by atomic mass is 19.2. The molecule has 0 saturated heterocycles. The van der Waals surface area contributed by atoms with Crippen molar-refractivity contribution in [3.05, 3.63) is 77.9 Å². The second kappa shape index (κ2) is 17.0. The molecule has 0 heterocycles. The molecule has 0 amide bonds. The van der Waals surface area contributed by atoms with Crippen molar-refractivity contribution in [1.82, 2.24) is 0 Å². The van der Waals surface area contributed by atoms with E-state index in [4.69, 9.17) is 0 Å². The summed E-state index contributed by atoms with van der Waals surface area (Å²) in [4.78, 5) is 11.7. The molecule has 0 spiro atoms. The van der Waals surface area contributed by atoms with E-state index in [1.807, 2.05) is 18.2 Å². The Balaban J connectivity index is 2.14. The summed E-state index contributed by atoms with van der Waals surface area (Å²) in [7, 11) is 0. The highest BCUT2D eigenvalue weighted by Crippen LogP contribution is 2.26. The van der Waals surface area contributed by atoms with Gasteiger partial charge in [-0.15, -0.1) is 0 Å². The lowest BCUT2D eigenvalue weighted by Gasteiger charge is -2.07.